The molecule has 0 aliphatic heterocycles. The van der Waals surface area contributed by atoms with E-state index in [2.05, 4.69) is 4.98 Å². The van der Waals surface area contributed by atoms with Crippen molar-refractivity contribution in [3.05, 3.63) is 71.4 Å². The number of carboxylic acid groups (broad SMARTS) is 1. The molecule has 174 valence electrons. The minimum Gasteiger partial charge on any atom is -0.497 e. The molecule has 0 spiro atoms. The van der Waals surface area contributed by atoms with Gasteiger partial charge in [0, 0.05) is 6.92 Å². The Balaban J connectivity index is 1.68. The first-order valence-corrected chi connectivity index (χ1v) is 10.3. The molecule has 1 atom stereocenters. The van der Waals surface area contributed by atoms with E-state index in [4.69, 9.17) is 18.6 Å². The van der Waals surface area contributed by atoms with E-state index in [0.717, 1.165) is 16.2 Å². The highest BCUT2D eigenvalue weighted by Crippen LogP contribution is 2.25. The molecule has 1 heterocycles. The van der Waals surface area contributed by atoms with Crippen molar-refractivity contribution >= 4 is 12.1 Å². The number of aryl methyl sites for hydroxylation is 2. The second-order valence-corrected chi connectivity index (χ2v) is 7.33. The van der Waals surface area contributed by atoms with Crippen LogP contribution in [0.5, 0.6) is 17.2 Å². The number of rotatable bonds is 9. The SMILES string of the molecule is COc1ccc(OC(=O)N(CC(=O)O)[C@@H](C)c2ccc(OCc3nc(C)oc3C)cc2)cc1. The summed E-state index contributed by atoms with van der Waals surface area (Å²) in [6.07, 6.45) is -0.771. The number of aromatic nitrogens is 1. The highest BCUT2D eigenvalue weighted by molar-refractivity contribution is 5.78. The summed E-state index contributed by atoms with van der Waals surface area (Å²) in [5, 5.41) is 9.31. The lowest BCUT2D eigenvalue weighted by molar-refractivity contribution is -0.138. The van der Waals surface area contributed by atoms with Crippen LogP contribution in [0.2, 0.25) is 0 Å². The van der Waals surface area contributed by atoms with Crippen molar-refractivity contribution in [2.24, 2.45) is 0 Å². The predicted molar refractivity (Wildman–Crippen MR) is 119 cm³/mol. The summed E-state index contributed by atoms with van der Waals surface area (Å²) in [6, 6.07) is 12.9. The van der Waals surface area contributed by atoms with Crippen molar-refractivity contribution in [2.45, 2.75) is 33.4 Å². The van der Waals surface area contributed by atoms with E-state index in [9.17, 15) is 14.7 Å². The molecule has 0 fully saturated rings. The number of carbonyl (C=O) groups is 2. The highest BCUT2D eigenvalue weighted by atomic mass is 16.6. The molecule has 33 heavy (non-hydrogen) atoms. The summed E-state index contributed by atoms with van der Waals surface area (Å²) in [5.74, 6) is 1.64. The monoisotopic (exact) mass is 454 g/mol. The van der Waals surface area contributed by atoms with Gasteiger partial charge in [-0.25, -0.2) is 9.78 Å². The summed E-state index contributed by atoms with van der Waals surface area (Å²) < 4.78 is 21.6. The van der Waals surface area contributed by atoms with Crippen molar-refractivity contribution in [1.29, 1.82) is 0 Å². The van der Waals surface area contributed by atoms with Crippen molar-refractivity contribution in [2.75, 3.05) is 13.7 Å². The van der Waals surface area contributed by atoms with Crippen LogP contribution in [-0.4, -0.2) is 40.7 Å². The number of methoxy groups -OCH3 is 1. The molecule has 0 aliphatic rings. The summed E-state index contributed by atoms with van der Waals surface area (Å²) in [4.78, 5) is 29.6. The van der Waals surface area contributed by atoms with Gasteiger partial charge in [0.1, 0.15) is 41.9 Å². The van der Waals surface area contributed by atoms with Crippen LogP contribution in [0.3, 0.4) is 0 Å². The number of ether oxygens (including phenoxy) is 3. The molecule has 1 aromatic heterocycles. The van der Waals surface area contributed by atoms with Crippen LogP contribution in [0.15, 0.2) is 52.9 Å². The third kappa shape index (κ3) is 6.25. The van der Waals surface area contributed by atoms with Crippen LogP contribution in [-0.2, 0) is 11.4 Å². The van der Waals surface area contributed by atoms with E-state index >= 15 is 0 Å². The molecule has 9 heteroatoms. The van der Waals surface area contributed by atoms with Crippen LogP contribution in [0.25, 0.3) is 0 Å². The Labute approximate surface area is 191 Å². The molecule has 1 N–H and O–H groups in total. The molecule has 2 aromatic carbocycles. The van der Waals surface area contributed by atoms with Crippen molar-refractivity contribution < 1.29 is 33.3 Å². The van der Waals surface area contributed by atoms with E-state index < -0.39 is 24.6 Å². The largest absolute Gasteiger partial charge is 0.497 e. The first kappa shape index (κ1) is 23.6. The summed E-state index contributed by atoms with van der Waals surface area (Å²) in [6.45, 7) is 5.08. The zero-order chi connectivity index (χ0) is 24.0. The van der Waals surface area contributed by atoms with E-state index in [1.54, 1.807) is 62.4 Å². The maximum absolute atomic E-state index is 12.7. The molecule has 3 aromatic rings. The van der Waals surface area contributed by atoms with Gasteiger partial charge in [0.2, 0.25) is 0 Å². The Morgan fingerprint density at radius 1 is 1.03 bits per heavy atom. The summed E-state index contributed by atoms with van der Waals surface area (Å²) >= 11 is 0. The summed E-state index contributed by atoms with van der Waals surface area (Å²) in [7, 11) is 1.53. The van der Waals surface area contributed by atoms with Crippen molar-refractivity contribution in [1.82, 2.24) is 9.88 Å². The average Bonchev–Trinajstić information content (AvgIpc) is 3.13. The standard InChI is InChI=1S/C24H26N2O7/c1-15(18-5-7-20(8-6-18)31-14-22-16(2)32-17(3)25-22)26(13-23(27)28)24(29)33-21-11-9-19(30-4)10-12-21/h5-12,15H,13-14H2,1-4H3,(H,27,28)/t15-/m0/s1. The Bertz CT molecular complexity index is 1090. The van der Waals surface area contributed by atoms with Gasteiger partial charge in [-0.2, -0.15) is 0 Å². The van der Waals surface area contributed by atoms with Crippen LogP contribution in [0.4, 0.5) is 4.79 Å². The van der Waals surface area contributed by atoms with Gasteiger partial charge in [0.05, 0.1) is 13.2 Å². The lowest BCUT2D eigenvalue weighted by Gasteiger charge is -2.27. The number of benzene rings is 2. The van der Waals surface area contributed by atoms with Crippen molar-refractivity contribution in [3.63, 3.8) is 0 Å². The van der Waals surface area contributed by atoms with Gasteiger partial charge < -0.3 is 23.7 Å². The number of aliphatic carboxylic acids is 1. The lowest BCUT2D eigenvalue weighted by atomic mass is 10.1. The average molecular weight is 454 g/mol. The molecule has 3 rings (SSSR count). The van der Waals surface area contributed by atoms with Gasteiger partial charge in [-0.3, -0.25) is 9.69 Å². The molecule has 9 nitrogen and oxygen atoms in total. The number of nitrogens with zero attached hydrogens (tertiary/aromatic N) is 2. The number of oxazole rings is 1. The number of carbonyl (C=O) groups excluding carboxylic acids is 1. The molecular formula is C24H26N2O7. The van der Waals surface area contributed by atoms with Gasteiger partial charge >= 0.3 is 12.1 Å². The number of carboxylic acids is 1. The van der Waals surface area contributed by atoms with Gasteiger partial charge in [0.15, 0.2) is 5.89 Å². The molecule has 0 saturated heterocycles. The number of amides is 1. The van der Waals surface area contributed by atoms with E-state index in [1.165, 1.54) is 7.11 Å². The second kappa shape index (κ2) is 10.5. The summed E-state index contributed by atoms with van der Waals surface area (Å²) in [5.41, 5.74) is 1.45. The first-order chi connectivity index (χ1) is 15.8. The molecule has 1 amide bonds. The fourth-order valence-electron chi connectivity index (χ4n) is 3.19. The Morgan fingerprint density at radius 2 is 1.64 bits per heavy atom. The molecule has 0 saturated carbocycles. The van der Waals surface area contributed by atoms with Crippen LogP contribution in [0.1, 0.15) is 35.9 Å². The lowest BCUT2D eigenvalue weighted by Crippen LogP contribution is -2.39. The maximum atomic E-state index is 12.7. The molecular weight excluding hydrogens is 428 g/mol. The fourth-order valence-corrected chi connectivity index (χ4v) is 3.19. The Hall–Kier alpha value is -4.01. The van der Waals surface area contributed by atoms with E-state index in [0.29, 0.717) is 23.1 Å². The molecule has 0 aliphatic carbocycles. The molecule has 0 radical (unpaired) electrons. The minimum atomic E-state index is -1.15. The molecule has 0 bridgehead atoms. The zero-order valence-corrected chi connectivity index (χ0v) is 18.9. The predicted octanol–water partition coefficient (Wildman–Crippen LogP) is 4.53. The first-order valence-electron chi connectivity index (χ1n) is 10.3. The van der Waals surface area contributed by atoms with Crippen LogP contribution >= 0.6 is 0 Å². The minimum absolute atomic E-state index is 0.261. The third-order valence-corrected chi connectivity index (χ3v) is 5.01. The van der Waals surface area contributed by atoms with E-state index in [-0.39, 0.29) is 12.4 Å². The third-order valence-electron chi connectivity index (χ3n) is 5.01. The normalized spacial score (nSPS) is 11.5. The van der Waals surface area contributed by atoms with Gasteiger partial charge in [-0.15, -0.1) is 0 Å². The van der Waals surface area contributed by atoms with Crippen LogP contribution in [0, 0.1) is 13.8 Å². The van der Waals surface area contributed by atoms with Gasteiger partial charge in [-0.05, 0) is 55.8 Å². The highest BCUT2D eigenvalue weighted by Gasteiger charge is 2.26. The van der Waals surface area contributed by atoms with Crippen LogP contribution < -0.4 is 14.2 Å². The molecule has 0 unspecified atom stereocenters. The zero-order valence-electron chi connectivity index (χ0n) is 18.9. The smallest absolute Gasteiger partial charge is 0.416 e. The number of hydrogen-bond donors (Lipinski definition) is 1. The van der Waals surface area contributed by atoms with Gasteiger partial charge in [0.25, 0.3) is 0 Å². The van der Waals surface area contributed by atoms with E-state index in [1.807, 2.05) is 6.92 Å². The fraction of sp³-hybridized carbons (Fsp3) is 0.292. The van der Waals surface area contributed by atoms with Crippen molar-refractivity contribution in [3.8, 4) is 17.2 Å². The quantitative estimate of drug-likeness (QED) is 0.502. The second-order valence-electron chi connectivity index (χ2n) is 7.33. The Morgan fingerprint density at radius 3 is 2.18 bits per heavy atom. The Kier molecular flexibility index (Phi) is 7.55. The topological polar surface area (TPSA) is 111 Å². The maximum Gasteiger partial charge on any atom is 0.416 e. The van der Waals surface area contributed by atoms with Gasteiger partial charge in [-0.1, -0.05) is 12.1 Å². The number of hydrogen-bond acceptors (Lipinski definition) is 7.